The number of aliphatic hydroxyl groups is 1. The van der Waals surface area contributed by atoms with E-state index in [-0.39, 0.29) is 11.9 Å². The minimum Gasteiger partial charge on any atom is -0.490 e. The molecule has 0 saturated heterocycles. The lowest BCUT2D eigenvalue weighted by atomic mass is 9.94. The summed E-state index contributed by atoms with van der Waals surface area (Å²) in [5.41, 5.74) is -0.569. The van der Waals surface area contributed by atoms with Crippen LogP contribution in [0.5, 0.6) is 5.75 Å². The molecule has 0 atom stereocenters. The number of hydrogen-bond acceptors (Lipinski definition) is 2. The molecule has 1 fully saturated rings. The largest absolute Gasteiger partial charge is 0.490 e. The van der Waals surface area contributed by atoms with Gasteiger partial charge in [-0.2, -0.15) is 0 Å². The predicted octanol–water partition coefficient (Wildman–Crippen LogP) is 2.98. The maximum Gasteiger partial charge on any atom is 0.125 e. The Kier molecular flexibility index (Phi) is 2.89. The molecule has 1 aromatic rings. The second-order valence-corrected chi connectivity index (χ2v) is 4.87. The number of ether oxygens (including phenoxy) is 1. The highest BCUT2D eigenvalue weighted by Crippen LogP contribution is 2.33. The van der Waals surface area contributed by atoms with Crippen LogP contribution >= 0.6 is 0 Å². The molecular weight excluding hydrogens is 207 g/mol. The zero-order valence-corrected chi connectivity index (χ0v) is 9.66. The minimum absolute atomic E-state index is 0.228. The van der Waals surface area contributed by atoms with E-state index in [0.29, 0.717) is 11.3 Å². The summed E-state index contributed by atoms with van der Waals surface area (Å²) in [5.74, 6) is 0.247. The third-order valence-corrected chi connectivity index (χ3v) is 2.95. The Balaban J connectivity index is 2.28. The van der Waals surface area contributed by atoms with Gasteiger partial charge in [-0.15, -0.1) is 0 Å². The lowest BCUT2D eigenvalue weighted by Gasteiger charge is -2.29. The normalized spacial score (nSPS) is 17.0. The molecule has 1 aliphatic carbocycles. The average Bonchev–Trinajstić information content (AvgIpc) is 2.11. The molecule has 0 amide bonds. The summed E-state index contributed by atoms with van der Waals surface area (Å²) in [6.07, 6.45) is 3.50. The monoisotopic (exact) mass is 224 g/mol. The van der Waals surface area contributed by atoms with Gasteiger partial charge in [-0.1, -0.05) is 0 Å². The molecule has 0 radical (unpaired) electrons. The van der Waals surface area contributed by atoms with Crippen LogP contribution < -0.4 is 4.74 Å². The van der Waals surface area contributed by atoms with Gasteiger partial charge < -0.3 is 9.84 Å². The molecule has 2 nitrogen and oxygen atoms in total. The summed E-state index contributed by atoms with van der Waals surface area (Å²) >= 11 is 0. The van der Waals surface area contributed by atoms with Crippen molar-refractivity contribution in [2.24, 2.45) is 0 Å². The maximum absolute atomic E-state index is 13.1. The van der Waals surface area contributed by atoms with Crippen molar-refractivity contribution < 1.29 is 14.2 Å². The molecule has 3 heteroatoms. The van der Waals surface area contributed by atoms with Crippen molar-refractivity contribution in [3.8, 4) is 5.75 Å². The molecular formula is C13H17FO2. The van der Waals surface area contributed by atoms with E-state index in [2.05, 4.69) is 0 Å². The van der Waals surface area contributed by atoms with Crippen molar-refractivity contribution in [2.75, 3.05) is 0 Å². The van der Waals surface area contributed by atoms with Crippen molar-refractivity contribution in [3.05, 3.63) is 29.6 Å². The average molecular weight is 224 g/mol. The first-order chi connectivity index (χ1) is 7.47. The molecule has 0 unspecified atom stereocenters. The molecule has 2 rings (SSSR count). The number of rotatable bonds is 3. The van der Waals surface area contributed by atoms with E-state index >= 15 is 0 Å². The van der Waals surface area contributed by atoms with Crippen LogP contribution in [0.25, 0.3) is 0 Å². The van der Waals surface area contributed by atoms with Crippen molar-refractivity contribution in [2.45, 2.75) is 44.8 Å². The van der Waals surface area contributed by atoms with Gasteiger partial charge in [0.2, 0.25) is 0 Å². The Bertz CT molecular complexity index is 378. The highest BCUT2D eigenvalue weighted by Gasteiger charge is 2.25. The van der Waals surface area contributed by atoms with Gasteiger partial charge in [0.05, 0.1) is 11.7 Å². The van der Waals surface area contributed by atoms with Crippen molar-refractivity contribution in [1.82, 2.24) is 0 Å². The van der Waals surface area contributed by atoms with Gasteiger partial charge >= 0.3 is 0 Å². The van der Waals surface area contributed by atoms with Crippen molar-refractivity contribution in [1.29, 1.82) is 0 Å². The summed E-state index contributed by atoms with van der Waals surface area (Å²) in [4.78, 5) is 0. The topological polar surface area (TPSA) is 29.5 Å². The molecule has 16 heavy (non-hydrogen) atoms. The molecule has 0 aromatic heterocycles. The lowest BCUT2D eigenvalue weighted by Crippen LogP contribution is -2.27. The summed E-state index contributed by atoms with van der Waals surface area (Å²) in [7, 11) is 0. The second kappa shape index (κ2) is 4.06. The van der Waals surface area contributed by atoms with Crippen molar-refractivity contribution >= 4 is 0 Å². The van der Waals surface area contributed by atoms with Gasteiger partial charge in [0.15, 0.2) is 0 Å². The second-order valence-electron chi connectivity index (χ2n) is 4.87. The predicted molar refractivity (Wildman–Crippen MR) is 59.9 cm³/mol. The summed E-state index contributed by atoms with van der Waals surface area (Å²) in [6.45, 7) is 3.27. The number of halogens is 1. The van der Waals surface area contributed by atoms with Gasteiger partial charge in [-0.25, -0.2) is 4.39 Å². The van der Waals surface area contributed by atoms with Gasteiger partial charge in [-0.05, 0) is 51.3 Å². The molecule has 1 N–H and O–H groups in total. The fourth-order valence-corrected chi connectivity index (χ4v) is 1.75. The smallest absolute Gasteiger partial charge is 0.125 e. The Morgan fingerprint density at radius 1 is 1.38 bits per heavy atom. The summed E-state index contributed by atoms with van der Waals surface area (Å²) < 4.78 is 18.9. The standard InChI is InChI=1S/C13H17FO2/c1-13(2,15)11-8-9(14)6-7-12(11)16-10-4-3-5-10/h6-8,10,15H,3-5H2,1-2H3. The van der Waals surface area contributed by atoms with Crippen LogP contribution in [-0.2, 0) is 5.60 Å². The van der Waals surface area contributed by atoms with Crippen LogP contribution in [0.1, 0.15) is 38.7 Å². The van der Waals surface area contributed by atoms with Crippen LogP contribution in [-0.4, -0.2) is 11.2 Å². The van der Waals surface area contributed by atoms with Crippen LogP contribution in [0.2, 0.25) is 0 Å². The van der Waals surface area contributed by atoms with Crippen LogP contribution in [0, 0.1) is 5.82 Å². The highest BCUT2D eigenvalue weighted by atomic mass is 19.1. The molecule has 88 valence electrons. The van der Waals surface area contributed by atoms with E-state index in [4.69, 9.17) is 4.74 Å². The fraction of sp³-hybridized carbons (Fsp3) is 0.538. The Morgan fingerprint density at radius 2 is 2.06 bits per heavy atom. The van der Waals surface area contributed by atoms with E-state index < -0.39 is 5.60 Å². The van der Waals surface area contributed by atoms with E-state index in [1.807, 2.05) is 0 Å². The highest BCUT2D eigenvalue weighted by molar-refractivity contribution is 5.38. The molecule has 1 aliphatic rings. The van der Waals surface area contributed by atoms with Crippen molar-refractivity contribution in [3.63, 3.8) is 0 Å². The molecule has 0 heterocycles. The minimum atomic E-state index is -1.08. The molecule has 0 spiro atoms. The SMILES string of the molecule is CC(C)(O)c1cc(F)ccc1OC1CCC1. The molecule has 1 aromatic carbocycles. The molecule has 0 aliphatic heterocycles. The first-order valence-corrected chi connectivity index (χ1v) is 5.66. The zero-order valence-electron chi connectivity index (χ0n) is 9.66. The summed E-state index contributed by atoms with van der Waals surface area (Å²) in [5, 5.41) is 9.95. The van der Waals surface area contributed by atoms with E-state index in [1.165, 1.54) is 18.6 Å². The van der Waals surface area contributed by atoms with Crippen LogP contribution in [0.15, 0.2) is 18.2 Å². The zero-order chi connectivity index (χ0) is 11.8. The van der Waals surface area contributed by atoms with Gasteiger partial charge in [0, 0.05) is 5.56 Å². The van der Waals surface area contributed by atoms with E-state index in [9.17, 15) is 9.50 Å². The quantitative estimate of drug-likeness (QED) is 0.855. The number of benzene rings is 1. The first kappa shape index (κ1) is 11.4. The summed E-state index contributed by atoms with van der Waals surface area (Å²) in [6, 6.07) is 4.30. The van der Waals surface area contributed by atoms with Crippen LogP contribution in [0.4, 0.5) is 4.39 Å². The Morgan fingerprint density at radius 3 is 2.56 bits per heavy atom. The number of hydrogen-bond donors (Lipinski definition) is 1. The fourth-order valence-electron chi connectivity index (χ4n) is 1.75. The third kappa shape index (κ3) is 2.35. The Hall–Kier alpha value is -1.09. The Labute approximate surface area is 95.1 Å². The van der Waals surface area contributed by atoms with E-state index in [0.717, 1.165) is 12.8 Å². The first-order valence-electron chi connectivity index (χ1n) is 5.66. The lowest BCUT2D eigenvalue weighted by molar-refractivity contribution is 0.0650. The third-order valence-electron chi connectivity index (χ3n) is 2.95. The molecule has 0 bridgehead atoms. The van der Waals surface area contributed by atoms with Gasteiger partial charge in [0.1, 0.15) is 11.6 Å². The van der Waals surface area contributed by atoms with Gasteiger partial charge in [0.25, 0.3) is 0 Å². The van der Waals surface area contributed by atoms with Crippen LogP contribution in [0.3, 0.4) is 0 Å². The molecule has 1 saturated carbocycles. The van der Waals surface area contributed by atoms with E-state index in [1.54, 1.807) is 19.9 Å². The van der Waals surface area contributed by atoms with Gasteiger partial charge in [-0.3, -0.25) is 0 Å². The maximum atomic E-state index is 13.1.